The largest absolute Gasteiger partial charge is 0.395 e. The number of halogens is 2. The van der Waals surface area contributed by atoms with Gasteiger partial charge in [0.15, 0.2) is 11.5 Å². The summed E-state index contributed by atoms with van der Waals surface area (Å²) < 4.78 is 20.9. The Morgan fingerprint density at radius 3 is 2.85 bits per heavy atom. The van der Waals surface area contributed by atoms with Gasteiger partial charge in [-0.25, -0.2) is 14.4 Å². The van der Waals surface area contributed by atoms with Crippen molar-refractivity contribution in [3.8, 4) is 11.3 Å². The maximum Gasteiger partial charge on any atom is 0.223 e. The van der Waals surface area contributed by atoms with Crippen LogP contribution in [0.25, 0.3) is 16.9 Å². The number of hydrogen-bond acceptors (Lipinski definition) is 8. The molecule has 2 N–H and O–H groups in total. The first-order valence-corrected chi connectivity index (χ1v) is 10.9. The molecule has 170 valence electrons. The molecule has 5 rings (SSSR count). The van der Waals surface area contributed by atoms with Crippen molar-refractivity contribution in [2.75, 3.05) is 25.1 Å². The van der Waals surface area contributed by atoms with Gasteiger partial charge in [-0.2, -0.15) is 9.61 Å². The average molecular weight is 470 g/mol. The number of aliphatic hydroxyl groups is 1. The van der Waals surface area contributed by atoms with Crippen LogP contribution in [0.1, 0.15) is 30.1 Å². The van der Waals surface area contributed by atoms with Gasteiger partial charge in [0.2, 0.25) is 5.95 Å². The van der Waals surface area contributed by atoms with Gasteiger partial charge in [-0.15, -0.1) is 10.2 Å². The lowest BCUT2D eigenvalue weighted by Gasteiger charge is -2.23. The normalized spacial score (nSPS) is 15.6. The molecule has 1 fully saturated rings. The van der Waals surface area contributed by atoms with E-state index in [1.165, 1.54) is 16.6 Å². The van der Waals surface area contributed by atoms with Gasteiger partial charge in [0.05, 0.1) is 29.4 Å². The van der Waals surface area contributed by atoms with Crippen LogP contribution in [-0.4, -0.2) is 60.7 Å². The van der Waals surface area contributed by atoms with Crippen molar-refractivity contribution in [2.45, 2.75) is 24.8 Å². The number of nitrogens with one attached hydrogen (secondary N) is 1. The number of fused-ring (bicyclic) bond motifs is 1. The van der Waals surface area contributed by atoms with E-state index in [4.69, 9.17) is 16.3 Å². The summed E-state index contributed by atoms with van der Waals surface area (Å²) >= 11 is 5.79. The van der Waals surface area contributed by atoms with Crippen molar-refractivity contribution >= 4 is 23.2 Å². The fourth-order valence-corrected chi connectivity index (χ4v) is 3.96. The highest BCUT2D eigenvalue weighted by molar-refractivity contribution is 6.30. The molecule has 1 atom stereocenters. The molecule has 9 nitrogen and oxygen atoms in total. The van der Waals surface area contributed by atoms with Crippen molar-refractivity contribution < 1.29 is 14.2 Å². The first-order chi connectivity index (χ1) is 16.1. The fraction of sp³-hybridized carbons (Fsp3) is 0.318. The smallest absolute Gasteiger partial charge is 0.223 e. The van der Waals surface area contributed by atoms with Crippen LogP contribution in [0.4, 0.5) is 10.3 Å². The Morgan fingerprint density at radius 1 is 1.21 bits per heavy atom. The lowest BCUT2D eigenvalue weighted by atomic mass is 9.99. The monoisotopic (exact) mass is 469 g/mol. The number of rotatable bonds is 6. The van der Waals surface area contributed by atoms with E-state index in [-0.39, 0.29) is 17.7 Å². The molecule has 0 spiro atoms. The van der Waals surface area contributed by atoms with Gasteiger partial charge in [0.1, 0.15) is 5.82 Å². The maximum absolute atomic E-state index is 14.0. The molecule has 4 aromatic rings. The molecule has 0 radical (unpaired) electrons. The number of aromatic nitrogens is 6. The average Bonchev–Trinajstić information content (AvgIpc) is 3.26. The van der Waals surface area contributed by atoms with E-state index in [1.54, 1.807) is 30.6 Å². The van der Waals surface area contributed by atoms with Crippen LogP contribution in [0.15, 0.2) is 42.7 Å². The Hall–Kier alpha value is -3.21. The third-order valence-electron chi connectivity index (χ3n) is 5.63. The van der Waals surface area contributed by atoms with Gasteiger partial charge < -0.3 is 15.2 Å². The number of hydrogen-bond donors (Lipinski definition) is 2. The molecule has 0 amide bonds. The molecule has 33 heavy (non-hydrogen) atoms. The molecule has 3 aromatic heterocycles. The number of anilines is 1. The third-order valence-corrected chi connectivity index (χ3v) is 5.94. The van der Waals surface area contributed by atoms with Gasteiger partial charge >= 0.3 is 0 Å². The highest BCUT2D eigenvalue weighted by Gasteiger charge is 2.22. The fourth-order valence-electron chi connectivity index (χ4n) is 3.85. The summed E-state index contributed by atoms with van der Waals surface area (Å²) in [6.45, 7) is 1.16. The van der Waals surface area contributed by atoms with Crippen LogP contribution >= 0.6 is 11.6 Å². The molecule has 0 bridgehead atoms. The molecule has 0 aliphatic carbocycles. The van der Waals surface area contributed by atoms with E-state index in [0.29, 0.717) is 28.7 Å². The van der Waals surface area contributed by atoms with E-state index >= 15 is 0 Å². The summed E-state index contributed by atoms with van der Waals surface area (Å²) in [6.07, 6.45) is 5.16. The zero-order valence-corrected chi connectivity index (χ0v) is 18.3. The Morgan fingerprint density at radius 2 is 2.06 bits per heavy atom. The highest BCUT2D eigenvalue weighted by Crippen LogP contribution is 2.27. The Bertz CT molecular complexity index is 1280. The molecule has 11 heteroatoms. The van der Waals surface area contributed by atoms with Crippen LogP contribution in [0.2, 0.25) is 5.02 Å². The molecular weight excluding hydrogens is 449 g/mol. The van der Waals surface area contributed by atoms with Crippen LogP contribution < -0.4 is 5.32 Å². The van der Waals surface area contributed by atoms with E-state index < -0.39 is 11.7 Å². The first-order valence-electron chi connectivity index (χ1n) is 10.6. The van der Waals surface area contributed by atoms with Crippen molar-refractivity contribution in [1.82, 2.24) is 29.8 Å². The number of benzene rings is 1. The van der Waals surface area contributed by atoms with Crippen LogP contribution in [0.3, 0.4) is 0 Å². The van der Waals surface area contributed by atoms with Crippen LogP contribution in [0.5, 0.6) is 0 Å². The lowest BCUT2D eigenvalue weighted by Crippen LogP contribution is -2.28. The quantitative estimate of drug-likeness (QED) is 0.443. The van der Waals surface area contributed by atoms with E-state index in [2.05, 4.69) is 30.6 Å². The first kappa shape index (κ1) is 21.6. The van der Waals surface area contributed by atoms with Crippen molar-refractivity contribution in [3.05, 3.63) is 65.0 Å². The minimum Gasteiger partial charge on any atom is -0.395 e. The molecule has 0 unspecified atom stereocenters. The van der Waals surface area contributed by atoms with E-state index in [9.17, 15) is 9.50 Å². The summed E-state index contributed by atoms with van der Waals surface area (Å²) in [7, 11) is 0. The number of ether oxygens (including phenoxy) is 1. The second-order valence-corrected chi connectivity index (χ2v) is 8.18. The lowest BCUT2D eigenvalue weighted by molar-refractivity contribution is 0.0903. The predicted molar refractivity (Wildman–Crippen MR) is 120 cm³/mol. The standard InChI is InChI=1S/C22H21ClFN7O2/c23-17-2-1-13(9-18(17)24)16(12-32)21-30-29-20-10-14(11-26-31(20)21)19-3-6-25-22(28-19)27-15-4-7-33-8-5-15/h1-3,6,9-11,15-16,32H,4-5,7-8,12H2,(H,25,27,28)/t16-/m1/s1. The van der Waals surface area contributed by atoms with Crippen LogP contribution in [0, 0.1) is 5.82 Å². The topological polar surface area (TPSA) is 110 Å². The van der Waals surface area contributed by atoms with Gasteiger partial charge in [0.25, 0.3) is 0 Å². The highest BCUT2D eigenvalue weighted by atomic mass is 35.5. The predicted octanol–water partition coefficient (Wildman–Crippen LogP) is 3.09. The van der Waals surface area contributed by atoms with Crippen molar-refractivity contribution in [3.63, 3.8) is 0 Å². The van der Waals surface area contributed by atoms with E-state index in [1.807, 2.05) is 0 Å². The van der Waals surface area contributed by atoms with Gasteiger partial charge in [-0.05, 0) is 42.7 Å². The summed E-state index contributed by atoms with van der Waals surface area (Å²) in [5, 5.41) is 26.2. The van der Waals surface area contributed by atoms with Crippen LogP contribution in [-0.2, 0) is 4.74 Å². The summed E-state index contributed by atoms with van der Waals surface area (Å²) in [4.78, 5) is 8.93. The summed E-state index contributed by atoms with van der Waals surface area (Å²) in [5.74, 6) is -0.234. The minimum atomic E-state index is -0.612. The van der Waals surface area contributed by atoms with E-state index in [0.717, 1.165) is 31.6 Å². The maximum atomic E-state index is 14.0. The Kier molecular flexibility index (Phi) is 6.12. The molecule has 1 aromatic carbocycles. The SMILES string of the molecule is OC[C@H](c1ccc(Cl)c(F)c1)c1nnc2cc(-c3ccnc(NC4CCOCC4)n3)cnn12. The molecule has 0 saturated carbocycles. The number of aliphatic hydroxyl groups excluding tert-OH is 1. The summed E-state index contributed by atoms with van der Waals surface area (Å²) in [5.41, 5.74) is 2.45. The molecule has 1 aliphatic heterocycles. The Labute approximate surface area is 193 Å². The minimum absolute atomic E-state index is 0.0137. The molecule has 1 saturated heterocycles. The second kappa shape index (κ2) is 9.34. The third kappa shape index (κ3) is 4.50. The zero-order valence-electron chi connectivity index (χ0n) is 17.5. The Balaban J connectivity index is 1.43. The zero-order chi connectivity index (χ0) is 22.8. The number of nitrogens with zero attached hydrogens (tertiary/aromatic N) is 6. The van der Waals surface area contributed by atoms with Gasteiger partial charge in [-0.3, -0.25) is 0 Å². The van der Waals surface area contributed by atoms with Crippen molar-refractivity contribution in [2.24, 2.45) is 0 Å². The molecule has 4 heterocycles. The summed E-state index contributed by atoms with van der Waals surface area (Å²) in [6, 6.07) is 8.27. The molecule has 1 aliphatic rings. The van der Waals surface area contributed by atoms with Gasteiger partial charge in [-0.1, -0.05) is 17.7 Å². The van der Waals surface area contributed by atoms with Crippen molar-refractivity contribution in [1.29, 1.82) is 0 Å². The van der Waals surface area contributed by atoms with Gasteiger partial charge in [0, 0.05) is 31.0 Å². The molecular formula is C22H21ClFN7O2. The second-order valence-electron chi connectivity index (χ2n) is 7.78.